The summed E-state index contributed by atoms with van der Waals surface area (Å²) in [6.45, 7) is 4.43. The van der Waals surface area contributed by atoms with E-state index in [1.807, 2.05) is 0 Å². The van der Waals surface area contributed by atoms with Crippen molar-refractivity contribution in [1.29, 1.82) is 0 Å². The molecule has 1 unspecified atom stereocenters. The molecule has 130 valence electrons. The van der Waals surface area contributed by atoms with Crippen molar-refractivity contribution in [2.45, 2.75) is 19.8 Å². The van der Waals surface area contributed by atoms with Crippen molar-refractivity contribution >= 4 is 17.2 Å². The summed E-state index contributed by atoms with van der Waals surface area (Å²) in [5.41, 5.74) is 6.79. The summed E-state index contributed by atoms with van der Waals surface area (Å²) >= 11 is 0. The summed E-state index contributed by atoms with van der Waals surface area (Å²) in [5, 5.41) is 5.41. The second-order valence-electron chi connectivity index (χ2n) is 7.59. The first-order valence-electron chi connectivity index (χ1n) is 9.59. The van der Waals surface area contributed by atoms with Gasteiger partial charge in [-0.1, -0.05) is 90.5 Å². The van der Waals surface area contributed by atoms with E-state index < -0.39 is 0 Å². The minimum absolute atomic E-state index is 0.311. The van der Waals surface area contributed by atoms with Crippen LogP contribution in [0.1, 0.15) is 36.5 Å². The lowest BCUT2D eigenvalue weighted by Crippen LogP contribution is -2.15. The molecule has 0 saturated carbocycles. The molecular formula is C27H22. The highest BCUT2D eigenvalue weighted by Gasteiger charge is 2.19. The molecule has 2 aliphatic rings. The van der Waals surface area contributed by atoms with Gasteiger partial charge in [0.2, 0.25) is 0 Å². The van der Waals surface area contributed by atoms with Crippen LogP contribution < -0.4 is 10.4 Å². The van der Waals surface area contributed by atoms with E-state index in [0.717, 1.165) is 0 Å². The second kappa shape index (κ2) is 6.25. The molecule has 0 aliphatic heterocycles. The predicted molar refractivity (Wildman–Crippen MR) is 114 cm³/mol. The van der Waals surface area contributed by atoms with Gasteiger partial charge in [-0.15, -0.1) is 0 Å². The SMILES string of the molecule is CC(C)=c1ccc2c(c1C1C=CC(c3ccccc3)=C1)C=c1ccccc1=2. The molecule has 0 bridgehead atoms. The molecule has 0 heteroatoms. The van der Waals surface area contributed by atoms with E-state index >= 15 is 0 Å². The Balaban J connectivity index is 1.77. The van der Waals surface area contributed by atoms with Gasteiger partial charge >= 0.3 is 0 Å². The fraction of sp³-hybridized carbons (Fsp3) is 0.111. The zero-order chi connectivity index (χ0) is 18.4. The molecule has 0 spiro atoms. The minimum Gasteiger partial charge on any atom is -0.0726 e. The maximum Gasteiger partial charge on any atom is 0.0223 e. The second-order valence-corrected chi connectivity index (χ2v) is 7.59. The van der Waals surface area contributed by atoms with E-state index in [-0.39, 0.29) is 0 Å². The smallest absolute Gasteiger partial charge is 0.0223 e. The van der Waals surface area contributed by atoms with Crippen LogP contribution in [-0.2, 0) is 0 Å². The number of benzene rings is 3. The molecule has 0 nitrogen and oxygen atoms in total. The molecule has 0 aromatic heterocycles. The predicted octanol–water partition coefficient (Wildman–Crippen LogP) is 5.04. The topological polar surface area (TPSA) is 0 Å². The molecule has 0 amide bonds. The van der Waals surface area contributed by atoms with E-state index in [1.165, 1.54) is 48.7 Å². The third-order valence-corrected chi connectivity index (χ3v) is 5.66. The highest BCUT2D eigenvalue weighted by molar-refractivity contribution is 5.79. The monoisotopic (exact) mass is 346 g/mol. The van der Waals surface area contributed by atoms with E-state index in [0.29, 0.717) is 5.92 Å². The van der Waals surface area contributed by atoms with Crippen LogP contribution in [0.4, 0.5) is 0 Å². The van der Waals surface area contributed by atoms with E-state index in [9.17, 15) is 0 Å². The van der Waals surface area contributed by atoms with Crippen molar-refractivity contribution in [2.75, 3.05) is 0 Å². The Kier molecular flexibility index (Phi) is 3.72. The summed E-state index contributed by atoms with van der Waals surface area (Å²) in [5.74, 6) is 0.311. The van der Waals surface area contributed by atoms with Gasteiger partial charge in [0.1, 0.15) is 0 Å². The van der Waals surface area contributed by atoms with Crippen LogP contribution in [0.3, 0.4) is 0 Å². The standard InChI is InChI=1S/C27H22/c1-18(2)23-14-15-25-24-11-7-6-10-21(24)17-26(25)27(23)22-13-12-20(16-22)19-8-4-3-5-9-19/h3-17,22H,1-2H3. The van der Waals surface area contributed by atoms with E-state index in [4.69, 9.17) is 0 Å². The molecule has 5 rings (SSSR count). The Bertz CT molecular complexity index is 1320. The van der Waals surface area contributed by atoms with Crippen LogP contribution in [0.2, 0.25) is 0 Å². The van der Waals surface area contributed by atoms with Crippen LogP contribution >= 0.6 is 0 Å². The quantitative estimate of drug-likeness (QED) is 0.477. The minimum atomic E-state index is 0.311. The van der Waals surface area contributed by atoms with Gasteiger partial charge in [0.05, 0.1) is 0 Å². The molecule has 0 N–H and O–H groups in total. The lowest BCUT2D eigenvalue weighted by Gasteiger charge is -2.13. The van der Waals surface area contributed by atoms with Gasteiger partial charge in [-0.2, -0.15) is 0 Å². The third-order valence-electron chi connectivity index (χ3n) is 5.66. The Morgan fingerprint density at radius 3 is 2.37 bits per heavy atom. The lowest BCUT2D eigenvalue weighted by atomic mass is 9.90. The van der Waals surface area contributed by atoms with Crippen LogP contribution in [-0.4, -0.2) is 0 Å². The van der Waals surface area contributed by atoms with Crippen molar-refractivity contribution in [3.05, 3.63) is 123 Å². The number of hydrogen-bond donors (Lipinski definition) is 0. The molecule has 2 aliphatic carbocycles. The molecular weight excluding hydrogens is 324 g/mol. The van der Waals surface area contributed by atoms with Crippen molar-refractivity contribution in [2.24, 2.45) is 0 Å². The Morgan fingerprint density at radius 1 is 0.778 bits per heavy atom. The molecule has 0 heterocycles. The molecule has 3 aromatic carbocycles. The fourth-order valence-electron chi connectivity index (χ4n) is 4.36. The van der Waals surface area contributed by atoms with Crippen molar-refractivity contribution in [1.82, 2.24) is 0 Å². The van der Waals surface area contributed by atoms with E-state index in [1.54, 1.807) is 0 Å². The van der Waals surface area contributed by atoms with Gasteiger partial charge in [0.25, 0.3) is 0 Å². The van der Waals surface area contributed by atoms with Crippen LogP contribution in [0.25, 0.3) is 17.2 Å². The van der Waals surface area contributed by atoms with Gasteiger partial charge in [-0.3, -0.25) is 0 Å². The first-order valence-corrected chi connectivity index (χ1v) is 9.59. The summed E-state index contributed by atoms with van der Waals surface area (Å²) < 4.78 is 0. The number of allylic oxidation sites excluding steroid dienone is 4. The normalized spacial score (nSPS) is 16.5. The van der Waals surface area contributed by atoms with Gasteiger partial charge in [-0.25, -0.2) is 0 Å². The summed E-state index contributed by atoms with van der Waals surface area (Å²) in [6, 6.07) is 24.0. The third kappa shape index (κ3) is 2.61. The lowest BCUT2D eigenvalue weighted by molar-refractivity contribution is 1.07. The molecule has 27 heavy (non-hydrogen) atoms. The summed E-state index contributed by atoms with van der Waals surface area (Å²) in [4.78, 5) is 0. The van der Waals surface area contributed by atoms with Crippen LogP contribution in [0, 0.1) is 10.4 Å². The number of rotatable bonds is 2. The van der Waals surface area contributed by atoms with Gasteiger partial charge in [0.15, 0.2) is 0 Å². The maximum atomic E-state index is 2.41. The zero-order valence-corrected chi connectivity index (χ0v) is 15.7. The summed E-state index contributed by atoms with van der Waals surface area (Å²) in [6.07, 6.45) is 9.40. The number of fused-ring (bicyclic) bond motifs is 2. The average Bonchev–Trinajstić information content (AvgIpc) is 3.32. The highest BCUT2D eigenvalue weighted by atomic mass is 14.2. The molecule has 0 radical (unpaired) electrons. The Morgan fingerprint density at radius 2 is 1.56 bits per heavy atom. The first-order chi connectivity index (χ1) is 13.2. The van der Waals surface area contributed by atoms with Gasteiger partial charge < -0.3 is 0 Å². The zero-order valence-electron chi connectivity index (χ0n) is 15.7. The average molecular weight is 346 g/mol. The molecule has 1 atom stereocenters. The van der Waals surface area contributed by atoms with Gasteiger partial charge in [0, 0.05) is 5.92 Å². The maximum absolute atomic E-state index is 2.41. The largest absolute Gasteiger partial charge is 0.0726 e. The summed E-state index contributed by atoms with van der Waals surface area (Å²) in [7, 11) is 0. The first kappa shape index (κ1) is 16.1. The van der Waals surface area contributed by atoms with Gasteiger partial charge in [-0.05, 0) is 63.1 Å². The van der Waals surface area contributed by atoms with Crippen molar-refractivity contribution in [3.8, 4) is 0 Å². The van der Waals surface area contributed by atoms with Crippen LogP contribution in [0.15, 0.2) is 85.0 Å². The van der Waals surface area contributed by atoms with E-state index in [2.05, 4.69) is 105 Å². The Labute approximate surface area is 159 Å². The molecule has 0 saturated heterocycles. The number of hydrogen-bond acceptors (Lipinski definition) is 0. The Hall–Kier alpha value is -3.12. The van der Waals surface area contributed by atoms with Crippen molar-refractivity contribution in [3.63, 3.8) is 0 Å². The molecule has 0 fully saturated rings. The van der Waals surface area contributed by atoms with Crippen LogP contribution in [0.5, 0.6) is 0 Å². The van der Waals surface area contributed by atoms with Crippen molar-refractivity contribution < 1.29 is 0 Å². The highest BCUT2D eigenvalue weighted by Crippen LogP contribution is 2.33. The fourth-order valence-corrected chi connectivity index (χ4v) is 4.36. The molecule has 3 aromatic rings.